The largest absolute Gasteiger partial charge is 0.493 e. The van der Waals surface area contributed by atoms with E-state index < -0.39 is 39.7 Å². The maximum absolute atomic E-state index is 13.4. The summed E-state index contributed by atoms with van der Waals surface area (Å²) >= 11 is 0. The van der Waals surface area contributed by atoms with E-state index in [9.17, 15) is 30.4 Å². The molecular formula is C25H24F5N3O3S. The molecule has 0 radical (unpaired) electrons. The first-order valence-electron chi connectivity index (χ1n) is 11.5. The third-order valence-corrected chi connectivity index (χ3v) is 7.75. The van der Waals surface area contributed by atoms with Gasteiger partial charge in [-0.25, -0.2) is 27.5 Å². The maximum Gasteiger partial charge on any atom is 0.416 e. The van der Waals surface area contributed by atoms with Crippen LogP contribution < -0.4 is 9.46 Å². The van der Waals surface area contributed by atoms with Gasteiger partial charge in [-0.05, 0) is 55.0 Å². The fraction of sp³-hybridized carbons (Fsp3) is 0.360. The second-order valence-corrected chi connectivity index (χ2v) is 10.6. The van der Waals surface area contributed by atoms with Gasteiger partial charge in [0, 0.05) is 17.0 Å². The monoisotopic (exact) mass is 541 g/mol. The van der Waals surface area contributed by atoms with Crippen molar-refractivity contribution >= 4 is 16.0 Å². The van der Waals surface area contributed by atoms with E-state index in [1.807, 2.05) is 6.92 Å². The lowest BCUT2D eigenvalue weighted by Gasteiger charge is -2.38. The molecule has 12 heteroatoms. The first-order chi connectivity index (χ1) is 17.4. The summed E-state index contributed by atoms with van der Waals surface area (Å²) in [7, 11) is -4.14. The zero-order chi connectivity index (χ0) is 26.8. The number of alkyl halides is 4. The Morgan fingerprint density at radius 3 is 2.43 bits per heavy atom. The number of fused-ring (bicyclic) bond motifs is 1. The lowest BCUT2D eigenvalue weighted by Crippen LogP contribution is -2.32. The Balaban J connectivity index is 1.72. The molecule has 2 heterocycles. The number of nitrogens with one attached hydrogen (secondary N) is 1. The van der Waals surface area contributed by atoms with Crippen LogP contribution >= 0.6 is 0 Å². The van der Waals surface area contributed by atoms with E-state index in [0.717, 1.165) is 24.5 Å². The highest BCUT2D eigenvalue weighted by atomic mass is 32.2. The standard InChI is InChI=1S/C25H24F5N3O3S/c1-24(20-7-5-17(25(28,29)30)12-16(20)4-2-3-10-26)9-11-36-22-13-19(6-8-21(22)24)37(34,35)33-23-31-14-18(27)15-32-23/h5-8,12-15H,2-4,9-11H2,1H3,(H,31,32,33)/t24-/m0/s1. The third kappa shape index (κ3) is 5.68. The average molecular weight is 542 g/mol. The van der Waals surface area contributed by atoms with Gasteiger partial charge in [0.15, 0.2) is 5.82 Å². The van der Waals surface area contributed by atoms with Crippen molar-refractivity contribution < 1.29 is 35.1 Å². The second kappa shape index (κ2) is 10.2. The van der Waals surface area contributed by atoms with Crippen LogP contribution in [0.3, 0.4) is 0 Å². The van der Waals surface area contributed by atoms with Gasteiger partial charge in [-0.15, -0.1) is 0 Å². The SMILES string of the molecule is C[C@@]1(c2ccc(C(F)(F)F)cc2CCCCF)CCOc2cc(S(=O)(=O)Nc3ncc(F)cn3)ccc21. The molecule has 0 saturated carbocycles. The number of aryl methyl sites for hydroxylation is 1. The topological polar surface area (TPSA) is 81.2 Å². The molecule has 1 aliphatic heterocycles. The molecule has 0 unspecified atom stereocenters. The summed E-state index contributed by atoms with van der Waals surface area (Å²) in [6, 6.07) is 7.83. The first kappa shape index (κ1) is 26.8. The Labute approximate surface area is 211 Å². The van der Waals surface area contributed by atoms with Crippen molar-refractivity contribution in [2.45, 2.75) is 49.1 Å². The molecular weight excluding hydrogens is 517 g/mol. The van der Waals surface area contributed by atoms with Crippen LogP contribution in [0.25, 0.3) is 0 Å². The van der Waals surface area contributed by atoms with Crippen molar-refractivity contribution in [3.8, 4) is 5.75 Å². The number of benzene rings is 2. The number of halogens is 5. The van der Waals surface area contributed by atoms with E-state index in [4.69, 9.17) is 4.74 Å². The lowest BCUT2D eigenvalue weighted by molar-refractivity contribution is -0.137. The summed E-state index contributed by atoms with van der Waals surface area (Å²) in [6.45, 7) is 1.51. The van der Waals surface area contributed by atoms with Gasteiger partial charge < -0.3 is 4.74 Å². The second-order valence-electron chi connectivity index (χ2n) is 8.93. The minimum absolute atomic E-state index is 0.154. The van der Waals surface area contributed by atoms with Gasteiger partial charge >= 0.3 is 6.18 Å². The van der Waals surface area contributed by atoms with Crippen molar-refractivity contribution in [1.82, 2.24) is 9.97 Å². The fourth-order valence-electron chi connectivity index (χ4n) is 4.49. The maximum atomic E-state index is 13.4. The normalized spacial score (nSPS) is 17.7. The van der Waals surface area contributed by atoms with Crippen molar-refractivity contribution in [2.24, 2.45) is 0 Å². The minimum atomic E-state index is -4.52. The average Bonchev–Trinajstić information content (AvgIpc) is 2.85. The molecule has 1 aliphatic rings. The number of ether oxygens (including phenoxy) is 1. The third-order valence-electron chi connectivity index (χ3n) is 6.42. The van der Waals surface area contributed by atoms with Gasteiger partial charge in [0.25, 0.3) is 10.0 Å². The number of anilines is 1. The van der Waals surface area contributed by atoms with Crippen LogP contribution in [0.15, 0.2) is 53.7 Å². The van der Waals surface area contributed by atoms with E-state index in [1.165, 1.54) is 18.2 Å². The molecule has 1 aromatic heterocycles. The number of unbranched alkanes of at least 4 members (excludes halogenated alkanes) is 1. The first-order valence-corrected chi connectivity index (χ1v) is 13.0. The molecule has 0 amide bonds. The molecule has 0 saturated heterocycles. The van der Waals surface area contributed by atoms with Gasteiger partial charge in [0.05, 0.1) is 36.1 Å². The molecule has 0 bridgehead atoms. The zero-order valence-corrected chi connectivity index (χ0v) is 20.6. The highest BCUT2D eigenvalue weighted by Gasteiger charge is 2.39. The van der Waals surface area contributed by atoms with Gasteiger partial charge in [-0.1, -0.05) is 19.1 Å². The van der Waals surface area contributed by atoms with Crippen molar-refractivity contribution in [3.63, 3.8) is 0 Å². The van der Waals surface area contributed by atoms with Crippen LogP contribution in [-0.2, 0) is 28.0 Å². The summed E-state index contributed by atoms with van der Waals surface area (Å²) in [4.78, 5) is 7.03. The number of rotatable bonds is 8. The van der Waals surface area contributed by atoms with Gasteiger partial charge in [0.1, 0.15) is 5.75 Å². The van der Waals surface area contributed by atoms with Crippen molar-refractivity contribution in [2.75, 3.05) is 18.0 Å². The van der Waals surface area contributed by atoms with Crippen LogP contribution in [0.2, 0.25) is 0 Å². The van der Waals surface area contributed by atoms with Crippen LogP contribution in [0.4, 0.5) is 27.9 Å². The summed E-state index contributed by atoms with van der Waals surface area (Å²) < 4.78 is 99.7. The molecule has 0 aliphatic carbocycles. The highest BCUT2D eigenvalue weighted by molar-refractivity contribution is 7.92. The smallest absolute Gasteiger partial charge is 0.416 e. The molecule has 3 aromatic rings. The van der Waals surface area contributed by atoms with Crippen LogP contribution in [0.1, 0.15) is 48.4 Å². The lowest BCUT2D eigenvalue weighted by atomic mass is 9.70. The fourth-order valence-corrected chi connectivity index (χ4v) is 5.47. The van der Waals surface area contributed by atoms with Crippen LogP contribution in [-0.4, -0.2) is 31.7 Å². The number of aromatic nitrogens is 2. The molecule has 0 fully saturated rings. The quantitative estimate of drug-likeness (QED) is 0.287. The van der Waals surface area contributed by atoms with Gasteiger partial charge in [-0.3, -0.25) is 4.39 Å². The number of sulfonamides is 1. The Bertz CT molecular complexity index is 1380. The predicted octanol–water partition coefficient (Wildman–Crippen LogP) is 5.82. The van der Waals surface area contributed by atoms with E-state index >= 15 is 0 Å². The Morgan fingerprint density at radius 2 is 1.76 bits per heavy atom. The summed E-state index contributed by atoms with van der Waals surface area (Å²) in [5.41, 5.74) is 0.168. The molecule has 198 valence electrons. The predicted molar refractivity (Wildman–Crippen MR) is 126 cm³/mol. The van der Waals surface area contributed by atoms with Crippen LogP contribution in [0.5, 0.6) is 5.75 Å². The highest BCUT2D eigenvalue weighted by Crippen LogP contribution is 2.46. The molecule has 37 heavy (non-hydrogen) atoms. The van der Waals surface area contributed by atoms with Crippen LogP contribution in [0, 0.1) is 5.82 Å². The number of hydrogen-bond acceptors (Lipinski definition) is 5. The van der Waals surface area contributed by atoms with E-state index in [0.29, 0.717) is 29.5 Å². The van der Waals surface area contributed by atoms with Crippen molar-refractivity contribution in [3.05, 3.63) is 76.9 Å². The van der Waals surface area contributed by atoms with Gasteiger partial charge in [-0.2, -0.15) is 13.2 Å². The summed E-state index contributed by atoms with van der Waals surface area (Å²) in [5.74, 6) is -0.768. The molecule has 2 aromatic carbocycles. The Morgan fingerprint density at radius 1 is 1.05 bits per heavy atom. The Hall–Kier alpha value is -3.28. The van der Waals surface area contributed by atoms with Gasteiger partial charge in [0.2, 0.25) is 5.95 Å². The van der Waals surface area contributed by atoms with E-state index in [1.54, 1.807) is 6.07 Å². The number of hydrogen-bond donors (Lipinski definition) is 1. The zero-order valence-electron chi connectivity index (χ0n) is 19.8. The summed E-state index contributed by atoms with van der Waals surface area (Å²) in [6.07, 6.45) is -1.55. The van der Waals surface area contributed by atoms with E-state index in [2.05, 4.69) is 14.7 Å². The molecule has 4 rings (SSSR count). The molecule has 0 spiro atoms. The van der Waals surface area contributed by atoms with Crippen molar-refractivity contribution in [1.29, 1.82) is 0 Å². The Kier molecular flexibility index (Phi) is 7.40. The molecule has 1 atom stereocenters. The van der Waals surface area contributed by atoms with E-state index in [-0.39, 0.29) is 36.0 Å². The molecule has 1 N–H and O–H groups in total. The summed E-state index contributed by atoms with van der Waals surface area (Å²) in [5, 5.41) is 0. The number of nitrogens with zero attached hydrogens (tertiary/aromatic N) is 2. The minimum Gasteiger partial charge on any atom is -0.493 e. The molecule has 6 nitrogen and oxygen atoms in total.